The predicted octanol–water partition coefficient (Wildman–Crippen LogP) is 2.60. The van der Waals surface area contributed by atoms with E-state index in [2.05, 4.69) is 5.32 Å². The Morgan fingerprint density at radius 1 is 1.00 bits per heavy atom. The molecular formula is C19H18FNO6. The number of hydrogen-bond donors (Lipinski definition) is 1. The summed E-state index contributed by atoms with van der Waals surface area (Å²) in [6.45, 7) is 0.673. The maximum Gasteiger partial charge on any atom is 0.338 e. The highest BCUT2D eigenvalue weighted by Gasteiger charge is 2.14. The van der Waals surface area contributed by atoms with E-state index in [1.807, 2.05) is 0 Å². The molecule has 1 amide bonds. The van der Waals surface area contributed by atoms with Crippen LogP contribution in [-0.4, -0.2) is 38.0 Å². The Kier molecular flexibility index (Phi) is 6.87. The maximum atomic E-state index is 12.9. The molecule has 0 saturated heterocycles. The second kappa shape index (κ2) is 9.33. The van der Waals surface area contributed by atoms with Crippen LogP contribution in [0.1, 0.15) is 17.3 Å². The first-order valence-corrected chi connectivity index (χ1v) is 7.92. The molecule has 0 heterocycles. The predicted molar refractivity (Wildman–Crippen MR) is 94.5 cm³/mol. The molecule has 0 aliphatic carbocycles. The van der Waals surface area contributed by atoms with Crippen molar-refractivity contribution in [2.75, 3.05) is 25.6 Å². The molecular weight excluding hydrogens is 357 g/mol. The van der Waals surface area contributed by atoms with Gasteiger partial charge in [0.1, 0.15) is 12.4 Å². The summed E-state index contributed by atoms with van der Waals surface area (Å²) in [5.41, 5.74) is 0.608. The van der Waals surface area contributed by atoms with Crippen LogP contribution in [0, 0.1) is 5.82 Å². The molecule has 0 bridgehead atoms. The first kappa shape index (κ1) is 19.9. The molecule has 27 heavy (non-hydrogen) atoms. The second-order valence-electron chi connectivity index (χ2n) is 5.49. The Morgan fingerprint density at radius 3 is 2.33 bits per heavy atom. The average Bonchev–Trinajstić information content (AvgIpc) is 2.66. The van der Waals surface area contributed by atoms with Crippen molar-refractivity contribution in [3.63, 3.8) is 0 Å². The first-order valence-electron chi connectivity index (χ1n) is 7.92. The van der Waals surface area contributed by atoms with Crippen molar-refractivity contribution in [2.24, 2.45) is 0 Å². The fourth-order valence-electron chi connectivity index (χ4n) is 2.04. The molecule has 2 aromatic rings. The van der Waals surface area contributed by atoms with Gasteiger partial charge in [0.2, 0.25) is 0 Å². The average molecular weight is 375 g/mol. The van der Waals surface area contributed by atoms with Gasteiger partial charge in [-0.25, -0.2) is 9.18 Å². The summed E-state index contributed by atoms with van der Waals surface area (Å²) < 4.78 is 28.2. The number of nitrogens with one attached hydrogen (secondary N) is 1. The van der Waals surface area contributed by atoms with E-state index in [4.69, 9.17) is 14.2 Å². The zero-order valence-corrected chi connectivity index (χ0v) is 14.8. The van der Waals surface area contributed by atoms with Crippen LogP contribution < -0.4 is 14.8 Å². The topological polar surface area (TPSA) is 90.9 Å². The zero-order chi connectivity index (χ0) is 19.8. The summed E-state index contributed by atoms with van der Waals surface area (Å²) >= 11 is 0. The minimum absolute atomic E-state index is 0.177. The number of amides is 1. The maximum absolute atomic E-state index is 12.9. The molecule has 0 aliphatic heterocycles. The van der Waals surface area contributed by atoms with Gasteiger partial charge in [-0.3, -0.25) is 9.59 Å². The number of benzene rings is 2. The lowest BCUT2D eigenvalue weighted by atomic mass is 10.2. The summed E-state index contributed by atoms with van der Waals surface area (Å²) in [6, 6.07) is 9.57. The van der Waals surface area contributed by atoms with Gasteiger partial charge in [0.15, 0.2) is 23.9 Å². The zero-order valence-electron chi connectivity index (χ0n) is 14.8. The van der Waals surface area contributed by atoms with Gasteiger partial charge in [-0.1, -0.05) is 0 Å². The van der Waals surface area contributed by atoms with Gasteiger partial charge in [-0.15, -0.1) is 0 Å². The van der Waals surface area contributed by atoms with Crippen LogP contribution in [-0.2, 0) is 14.3 Å². The highest BCUT2D eigenvalue weighted by Crippen LogP contribution is 2.28. The number of ketones is 1. The lowest BCUT2D eigenvalue weighted by Gasteiger charge is -2.12. The van der Waals surface area contributed by atoms with Gasteiger partial charge >= 0.3 is 5.97 Å². The fourth-order valence-corrected chi connectivity index (χ4v) is 2.04. The third-order valence-electron chi connectivity index (χ3n) is 3.29. The van der Waals surface area contributed by atoms with Crippen molar-refractivity contribution in [1.82, 2.24) is 0 Å². The molecule has 0 aromatic heterocycles. The monoisotopic (exact) mass is 375 g/mol. The van der Waals surface area contributed by atoms with Crippen molar-refractivity contribution in [2.45, 2.75) is 6.92 Å². The van der Waals surface area contributed by atoms with Gasteiger partial charge in [0, 0.05) is 5.69 Å². The summed E-state index contributed by atoms with van der Waals surface area (Å²) in [4.78, 5) is 34.7. The highest BCUT2D eigenvalue weighted by atomic mass is 19.1. The lowest BCUT2D eigenvalue weighted by Crippen LogP contribution is -2.20. The number of hydrogen-bond acceptors (Lipinski definition) is 6. The van der Waals surface area contributed by atoms with E-state index in [0.29, 0.717) is 5.69 Å². The van der Waals surface area contributed by atoms with E-state index in [1.54, 1.807) is 0 Å². The standard InChI is InChI=1S/C19H18FNO6/c1-12(22)10-27-19(24)13-3-8-16(17(9-13)25-2)26-11-18(23)21-15-6-4-14(20)5-7-15/h3-9H,10-11H2,1-2H3,(H,21,23). The van der Waals surface area contributed by atoms with E-state index in [9.17, 15) is 18.8 Å². The molecule has 0 atom stereocenters. The number of halogens is 1. The lowest BCUT2D eigenvalue weighted by molar-refractivity contribution is -0.120. The van der Waals surface area contributed by atoms with E-state index < -0.39 is 17.7 Å². The smallest absolute Gasteiger partial charge is 0.338 e. The SMILES string of the molecule is COc1cc(C(=O)OCC(C)=O)ccc1OCC(=O)Nc1ccc(F)cc1. The molecule has 0 spiro atoms. The van der Waals surface area contributed by atoms with Crippen LogP contribution >= 0.6 is 0 Å². The number of carbonyl (C=O) groups is 3. The molecule has 2 rings (SSSR count). The molecule has 7 nitrogen and oxygen atoms in total. The molecule has 1 N–H and O–H groups in total. The second-order valence-corrected chi connectivity index (χ2v) is 5.49. The minimum Gasteiger partial charge on any atom is -0.493 e. The molecule has 0 radical (unpaired) electrons. The van der Waals surface area contributed by atoms with E-state index in [0.717, 1.165) is 0 Å². The number of esters is 1. The van der Waals surface area contributed by atoms with Crippen LogP contribution in [0.2, 0.25) is 0 Å². The van der Waals surface area contributed by atoms with Crippen LogP contribution in [0.3, 0.4) is 0 Å². The van der Waals surface area contributed by atoms with Crippen LogP contribution in [0.4, 0.5) is 10.1 Å². The van der Waals surface area contributed by atoms with E-state index in [-0.39, 0.29) is 36.1 Å². The van der Waals surface area contributed by atoms with Crippen LogP contribution in [0.15, 0.2) is 42.5 Å². The molecule has 0 aliphatic rings. The number of carbonyl (C=O) groups excluding carboxylic acids is 3. The molecule has 0 saturated carbocycles. The Hall–Kier alpha value is -3.42. The molecule has 142 valence electrons. The molecule has 2 aromatic carbocycles. The summed E-state index contributed by atoms with van der Waals surface area (Å²) in [5, 5.41) is 2.56. The van der Waals surface area contributed by atoms with Crippen LogP contribution in [0.25, 0.3) is 0 Å². The van der Waals surface area contributed by atoms with Crippen molar-refractivity contribution in [3.8, 4) is 11.5 Å². The summed E-state index contributed by atoms with van der Waals surface area (Å²) in [6.07, 6.45) is 0. The van der Waals surface area contributed by atoms with Gasteiger partial charge in [-0.2, -0.15) is 0 Å². The number of anilines is 1. The van der Waals surface area contributed by atoms with Gasteiger partial charge < -0.3 is 19.5 Å². The van der Waals surface area contributed by atoms with Gasteiger partial charge in [0.25, 0.3) is 5.91 Å². The Bertz CT molecular complexity index is 835. The van der Waals surface area contributed by atoms with Gasteiger partial charge in [-0.05, 0) is 49.4 Å². The largest absolute Gasteiger partial charge is 0.493 e. The van der Waals surface area contributed by atoms with Gasteiger partial charge in [0.05, 0.1) is 12.7 Å². The molecule has 0 fully saturated rings. The first-order chi connectivity index (χ1) is 12.9. The number of Topliss-reactive ketones (excluding diaryl/α,β-unsaturated/α-hetero) is 1. The number of methoxy groups -OCH3 is 1. The van der Waals surface area contributed by atoms with Crippen molar-refractivity contribution in [3.05, 3.63) is 53.8 Å². The van der Waals surface area contributed by atoms with E-state index >= 15 is 0 Å². The third-order valence-corrected chi connectivity index (χ3v) is 3.29. The third kappa shape index (κ3) is 6.10. The Morgan fingerprint density at radius 2 is 1.70 bits per heavy atom. The fraction of sp³-hybridized carbons (Fsp3) is 0.211. The summed E-state index contributed by atoms with van der Waals surface area (Å²) in [5.74, 6) is -1.34. The van der Waals surface area contributed by atoms with Crippen molar-refractivity contribution < 1.29 is 33.0 Å². The Balaban J connectivity index is 1.97. The molecule has 8 heteroatoms. The molecule has 0 unspecified atom stereocenters. The quantitative estimate of drug-likeness (QED) is 0.713. The van der Waals surface area contributed by atoms with Crippen molar-refractivity contribution >= 4 is 23.3 Å². The summed E-state index contributed by atoms with van der Waals surface area (Å²) in [7, 11) is 1.38. The number of rotatable bonds is 8. The minimum atomic E-state index is -0.677. The van der Waals surface area contributed by atoms with Crippen molar-refractivity contribution in [1.29, 1.82) is 0 Å². The number of ether oxygens (including phenoxy) is 3. The van der Waals surface area contributed by atoms with Crippen LogP contribution in [0.5, 0.6) is 11.5 Å². The van der Waals surface area contributed by atoms with E-state index in [1.165, 1.54) is 56.5 Å². The highest BCUT2D eigenvalue weighted by molar-refractivity contribution is 5.93. The normalized spacial score (nSPS) is 10.0. The Labute approximate surface area is 155 Å².